The summed E-state index contributed by atoms with van der Waals surface area (Å²) in [5.41, 5.74) is 5.97. The molecule has 50 heavy (non-hydrogen) atoms. The summed E-state index contributed by atoms with van der Waals surface area (Å²) in [6, 6.07) is 52.2. The van der Waals surface area contributed by atoms with E-state index in [1.807, 2.05) is 6.07 Å². The van der Waals surface area contributed by atoms with E-state index in [2.05, 4.69) is 155 Å². The molecule has 1 aliphatic rings. The van der Waals surface area contributed by atoms with E-state index >= 15 is 0 Å². The summed E-state index contributed by atoms with van der Waals surface area (Å²) < 4.78 is 0. The molecule has 6 rings (SSSR count). The molecule has 1 fully saturated rings. The highest BCUT2D eigenvalue weighted by Gasteiger charge is 2.39. The van der Waals surface area contributed by atoms with Gasteiger partial charge >= 0.3 is 0 Å². The predicted octanol–water partition coefficient (Wildman–Crippen LogP) is 9.06. The van der Waals surface area contributed by atoms with E-state index in [0.29, 0.717) is 38.5 Å². The van der Waals surface area contributed by atoms with Gasteiger partial charge in [0.05, 0.1) is 12.2 Å². The third-order valence-corrected chi connectivity index (χ3v) is 10.6. The molecule has 4 nitrogen and oxygen atoms in total. The fourth-order valence-corrected chi connectivity index (χ4v) is 7.90. The molecule has 5 aromatic rings. The van der Waals surface area contributed by atoms with Gasteiger partial charge in [-0.25, -0.2) is 0 Å². The molecule has 0 spiro atoms. The van der Waals surface area contributed by atoms with Crippen molar-refractivity contribution in [1.82, 2.24) is 9.80 Å². The fraction of sp³-hybridized carbons (Fsp3) is 0.348. The largest absolute Gasteiger partial charge is 0.389 e. The average molecular weight is 667 g/mol. The van der Waals surface area contributed by atoms with Crippen molar-refractivity contribution >= 4 is 0 Å². The van der Waals surface area contributed by atoms with Gasteiger partial charge in [0.2, 0.25) is 0 Å². The Kier molecular flexibility index (Phi) is 13.4. The van der Waals surface area contributed by atoms with E-state index < -0.39 is 12.2 Å². The third kappa shape index (κ3) is 10.5. The van der Waals surface area contributed by atoms with E-state index in [9.17, 15) is 10.2 Å². The zero-order chi connectivity index (χ0) is 34.4. The van der Waals surface area contributed by atoms with E-state index in [0.717, 1.165) is 12.0 Å². The molecule has 4 atom stereocenters. The summed E-state index contributed by atoms with van der Waals surface area (Å²) in [6.07, 6.45) is 5.71. The quantitative estimate of drug-likeness (QED) is 0.104. The monoisotopic (exact) mass is 666 g/mol. The maximum atomic E-state index is 12.7. The third-order valence-electron chi connectivity index (χ3n) is 10.6. The SMILES string of the molecule is O[C@H]([C@@H](O)[C@H](CC1CCCCC1)N(Cc1ccccc1)Cc1ccccc1)[C@H](Cc1ccccc1)N(Cc1ccccc1)Cc1ccccc1. The molecule has 0 saturated heterocycles. The number of aliphatic hydroxyl groups excluding tert-OH is 2. The fourth-order valence-electron chi connectivity index (χ4n) is 7.90. The molecule has 260 valence electrons. The van der Waals surface area contributed by atoms with Crippen molar-refractivity contribution in [1.29, 1.82) is 0 Å². The van der Waals surface area contributed by atoms with Gasteiger partial charge in [0, 0.05) is 38.3 Å². The Labute approximate surface area is 300 Å². The number of benzene rings is 5. The van der Waals surface area contributed by atoms with Gasteiger partial charge < -0.3 is 10.2 Å². The van der Waals surface area contributed by atoms with Crippen molar-refractivity contribution in [3.8, 4) is 0 Å². The Hall–Kier alpha value is -4.06. The molecule has 0 radical (unpaired) electrons. The minimum absolute atomic E-state index is 0.220. The van der Waals surface area contributed by atoms with Crippen LogP contribution in [0.5, 0.6) is 0 Å². The van der Waals surface area contributed by atoms with Crippen LogP contribution in [0, 0.1) is 5.92 Å². The molecular formula is C46H54N2O2. The second-order valence-corrected chi connectivity index (χ2v) is 14.3. The molecule has 0 unspecified atom stereocenters. The molecule has 0 aliphatic heterocycles. The second-order valence-electron chi connectivity index (χ2n) is 14.3. The highest BCUT2D eigenvalue weighted by molar-refractivity contribution is 5.22. The van der Waals surface area contributed by atoms with Crippen LogP contribution in [0.15, 0.2) is 152 Å². The topological polar surface area (TPSA) is 46.9 Å². The summed E-state index contributed by atoms with van der Waals surface area (Å²) in [7, 11) is 0. The van der Waals surface area contributed by atoms with Gasteiger partial charge in [-0.1, -0.05) is 184 Å². The molecule has 0 aromatic heterocycles. The van der Waals surface area contributed by atoms with Gasteiger partial charge in [-0.2, -0.15) is 0 Å². The first kappa shape index (κ1) is 35.8. The maximum absolute atomic E-state index is 12.7. The lowest BCUT2D eigenvalue weighted by Gasteiger charge is -2.43. The van der Waals surface area contributed by atoms with Crippen LogP contribution in [-0.4, -0.2) is 44.3 Å². The molecule has 4 heteroatoms. The van der Waals surface area contributed by atoms with Crippen molar-refractivity contribution < 1.29 is 10.2 Å². The smallest absolute Gasteiger partial charge is 0.0972 e. The van der Waals surface area contributed by atoms with Crippen LogP contribution < -0.4 is 0 Å². The standard InChI is InChI=1S/C46H54N2O2/c49-45(43(31-37-19-7-1-8-20-37)47(33-39-23-11-3-12-24-39)34-40-25-13-4-14-26-40)46(50)44(32-38-21-9-2-10-22-38)48(35-41-27-15-5-16-28-41)36-42-29-17-6-18-30-42/h1,3-8,11-20,23-30,38,43-46,49-50H,2,9-10,21-22,31-36H2/t43-,44-,45-,46-/m0/s1. The number of hydrogen-bond donors (Lipinski definition) is 2. The molecule has 0 amide bonds. The number of nitrogens with zero attached hydrogens (tertiary/aromatic N) is 2. The minimum Gasteiger partial charge on any atom is -0.389 e. The van der Waals surface area contributed by atoms with Crippen molar-refractivity contribution in [3.63, 3.8) is 0 Å². The second kappa shape index (κ2) is 18.8. The molecule has 0 heterocycles. The van der Waals surface area contributed by atoms with Crippen LogP contribution in [0.2, 0.25) is 0 Å². The summed E-state index contributed by atoms with van der Waals surface area (Å²) in [4.78, 5) is 4.84. The van der Waals surface area contributed by atoms with Gasteiger partial charge in [0.15, 0.2) is 0 Å². The Morgan fingerprint density at radius 1 is 0.420 bits per heavy atom. The Morgan fingerprint density at radius 3 is 1.12 bits per heavy atom. The predicted molar refractivity (Wildman–Crippen MR) is 205 cm³/mol. The van der Waals surface area contributed by atoms with E-state index in [4.69, 9.17) is 0 Å². The Bertz CT molecular complexity index is 1550. The van der Waals surface area contributed by atoms with E-state index in [1.165, 1.54) is 54.4 Å². The van der Waals surface area contributed by atoms with Crippen LogP contribution in [0.3, 0.4) is 0 Å². The Morgan fingerprint density at radius 2 is 0.740 bits per heavy atom. The molecule has 5 aromatic carbocycles. The summed E-state index contributed by atoms with van der Waals surface area (Å²) >= 11 is 0. The highest BCUT2D eigenvalue weighted by atomic mass is 16.3. The molecule has 1 saturated carbocycles. The van der Waals surface area contributed by atoms with Crippen molar-refractivity contribution in [2.24, 2.45) is 5.92 Å². The highest BCUT2D eigenvalue weighted by Crippen LogP contribution is 2.33. The van der Waals surface area contributed by atoms with E-state index in [1.54, 1.807) is 0 Å². The van der Waals surface area contributed by atoms with Crippen LogP contribution >= 0.6 is 0 Å². The summed E-state index contributed by atoms with van der Waals surface area (Å²) in [6.45, 7) is 2.75. The van der Waals surface area contributed by atoms with Crippen LogP contribution in [0.1, 0.15) is 66.3 Å². The molecule has 1 aliphatic carbocycles. The minimum atomic E-state index is -0.981. The van der Waals surface area contributed by atoms with Gasteiger partial charge in [-0.05, 0) is 46.6 Å². The first-order valence-corrected chi connectivity index (χ1v) is 18.7. The van der Waals surface area contributed by atoms with Crippen molar-refractivity contribution in [2.75, 3.05) is 0 Å². The first-order chi connectivity index (χ1) is 24.6. The van der Waals surface area contributed by atoms with Crippen molar-refractivity contribution in [3.05, 3.63) is 179 Å². The lowest BCUT2D eigenvalue weighted by atomic mass is 9.81. The zero-order valence-corrected chi connectivity index (χ0v) is 29.4. The molecule has 2 N–H and O–H groups in total. The van der Waals surface area contributed by atoms with Gasteiger partial charge in [0.1, 0.15) is 0 Å². The normalized spacial score (nSPS) is 16.2. The summed E-state index contributed by atoms with van der Waals surface area (Å²) in [5.74, 6) is 0.530. The Balaban J connectivity index is 1.38. The molecule has 0 bridgehead atoms. The van der Waals surface area contributed by atoms with Crippen LogP contribution in [0.25, 0.3) is 0 Å². The number of hydrogen-bond acceptors (Lipinski definition) is 4. The lowest BCUT2D eigenvalue weighted by molar-refractivity contribution is -0.0876. The lowest BCUT2D eigenvalue weighted by Crippen LogP contribution is -2.56. The average Bonchev–Trinajstić information content (AvgIpc) is 3.17. The first-order valence-electron chi connectivity index (χ1n) is 18.7. The summed E-state index contributed by atoms with van der Waals surface area (Å²) in [5, 5.41) is 25.5. The molecular weight excluding hydrogens is 613 g/mol. The number of aliphatic hydroxyl groups is 2. The van der Waals surface area contributed by atoms with E-state index in [-0.39, 0.29) is 12.1 Å². The van der Waals surface area contributed by atoms with Crippen molar-refractivity contribution in [2.45, 2.75) is 95.4 Å². The van der Waals surface area contributed by atoms with Crippen LogP contribution in [0.4, 0.5) is 0 Å². The van der Waals surface area contributed by atoms with Gasteiger partial charge in [-0.15, -0.1) is 0 Å². The van der Waals surface area contributed by atoms with Crippen LogP contribution in [-0.2, 0) is 32.6 Å². The maximum Gasteiger partial charge on any atom is 0.0972 e. The number of rotatable bonds is 17. The zero-order valence-electron chi connectivity index (χ0n) is 29.4. The van der Waals surface area contributed by atoms with Gasteiger partial charge in [-0.3, -0.25) is 9.80 Å². The van der Waals surface area contributed by atoms with Gasteiger partial charge in [0.25, 0.3) is 0 Å².